The lowest BCUT2D eigenvalue weighted by atomic mass is 10.1. The van der Waals surface area contributed by atoms with Gasteiger partial charge in [0.2, 0.25) is 10.0 Å². The van der Waals surface area contributed by atoms with E-state index in [0.717, 1.165) is 12.0 Å². The molecule has 140 valence electrons. The number of sulfonamides is 1. The van der Waals surface area contributed by atoms with E-state index in [0.29, 0.717) is 42.3 Å². The van der Waals surface area contributed by atoms with Crippen molar-refractivity contribution in [3.63, 3.8) is 0 Å². The number of ether oxygens (including phenoxy) is 1. The van der Waals surface area contributed by atoms with Gasteiger partial charge in [0.05, 0.1) is 11.0 Å². The third kappa shape index (κ3) is 4.16. The minimum absolute atomic E-state index is 0.120. The average Bonchev–Trinajstić information content (AvgIpc) is 2.61. The average molecular weight is 377 g/mol. The SMILES string of the molecule is CCc1ccc(S(=O)(=O)N2CCC(Oc3cc(C)oc(=O)c3)CC2)cc1. The fourth-order valence-electron chi connectivity index (χ4n) is 3.07. The molecule has 0 saturated carbocycles. The number of hydrogen-bond donors (Lipinski definition) is 0. The third-order valence-electron chi connectivity index (χ3n) is 4.54. The number of rotatable bonds is 5. The monoisotopic (exact) mass is 377 g/mol. The van der Waals surface area contributed by atoms with Crippen molar-refractivity contribution >= 4 is 10.0 Å². The standard InChI is InChI=1S/C19H23NO5S/c1-3-15-4-6-18(7-5-15)26(22,23)20-10-8-16(9-11-20)25-17-12-14(2)24-19(21)13-17/h4-7,12-13,16H,3,8-11H2,1-2H3. The Hall–Kier alpha value is -2.12. The summed E-state index contributed by atoms with van der Waals surface area (Å²) in [6, 6.07) is 10.0. The number of benzene rings is 1. The first kappa shape index (κ1) is 18.7. The molecule has 7 heteroatoms. The zero-order chi connectivity index (χ0) is 18.7. The Bertz CT molecular complexity index is 910. The fraction of sp³-hybridized carbons (Fsp3) is 0.421. The molecule has 0 radical (unpaired) electrons. The Morgan fingerprint density at radius 2 is 1.81 bits per heavy atom. The van der Waals surface area contributed by atoms with Gasteiger partial charge < -0.3 is 9.15 Å². The molecule has 1 aliphatic heterocycles. The summed E-state index contributed by atoms with van der Waals surface area (Å²) >= 11 is 0. The van der Waals surface area contributed by atoms with Crippen molar-refractivity contribution < 1.29 is 17.6 Å². The van der Waals surface area contributed by atoms with Crippen LogP contribution < -0.4 is 10.4 Å². The molecule has 2 aromatic rings. The summed E-state index contributed by atoms with van der Waals surface area (Å²) in [6.07, 6.45) is 1.91. The Morgan fingerprint density at radius 3 is 2.38 bits per heavy atom. The van der Waals surface area contributed by atoms with Crippen molar-refractivity contribution in [2.24, 2.45) is 0 Å². The van der Waals surface area contributed by atoms with E-state index in [9.17, 15) is 13.2 Å². The van der Waals surface area contributed by atoms with Crippen LogP contribution in [0.1, 0.15) is 31.1 Å². The predicted octanol–water partition coefficient (Wildman–Crippen LogP) is 2.74. The molecule has 0 aliphatic carbocycles. The molecule has 1 fully saturated rings. The van der Waals surface area contributed by atoms with E-state index in [1.165, 1.54) is 10.4 Å². The highest BCUT2D eigenvalue weighted by molar-refractivity contribution is 7.89. The highest BCUT2D eigenvalue weighted by Gasteiger charge is 2.30. The van der Waals surface area contributed by atoms with Crippen LogP contribution in [0.3, 0.4) is 0 Å². The summed E-state index contributed by atoms with van der Waals surface area (Å²) in [6.45, 7) is 4.51. The van der Waals surface area contributed by atoms with Gasteiger partial charge >= 0.3 is 5.63 Å². The van der Waals surface area contributed by atoms with Crippen LogP contribution in [0.5, 0.6) is 5.75 Å². The van der Waals surface area contributed by atoms with Crippen LogP contribution in [0, 0.1) is 6.92 Å². The van der Waals surface area contributed by atoms with E-state index in [-0.39, 0.29) is 6.10 Å². The maximum Gasteiger partial charge on any atom is 0.339 e. The molecule has 6 nitrogen and oxygen atoms in total. The Balaban J connectivity index is 1.64. The van der Waals surface area contributed by atoms with Gasteiger partial charge in [-0.05, 0) is 43.9 Å². The second kappa shape index (κ2) is 7.63. The van der Waals surface area contributed by atoms with Crippen molar-refractivity contribution in [2.75, 3.05) is 13.1 Å². The van der Waals surface area contributed by atoms with Crippen molar-refractivity contribution in [2.45, 2.75) is 44.1 Å². The second-order valence-corrected chi connectivity index (χ2v) is 8.38. The largest absolute Gasteiger partial charge is 0.490 e. The van der Waals surface area contributed by atoms with Gasteiger partial charge in [0, 0.05) is 19.2 Å². The van der Waals surface area contributed by atoms with E-state index >= 15 is 0 Å². The van der Waals surface area contributed by atoms with Crippen molar-refractivity contribution in [3.8, 4) is 5.75 Å². The first-order chi connectivity index (χ1) is 12.4. The summed E-state index contributed by atoms with van der Waals surface area (Å²) in [5.41, 5.74) is 0.661. The van der Waals surface area contributed by atoms with E-state index in [1.807, 2.05) is 19.1 Å². The third-order valence-corrected chi connectivity index (χ3v) is 6.45. The zero-order valence-corrected chi connectivity index (χ0v) is 15.8. The number of piperidine rings is 1. The maximum atomic E-state index is 12.8. The molecule has 26 heavy (non-hydrogen) atoms. The number of nitrogens with zero attached hydrogens (tertiary/aromatic N) is 1. The van der Waals surface area contributed by atoms with Gasteiger partial charge in [-0.15, -0.1) is 0 Å². The zero-order valence-electron chi connectivity index (χ0n) is 15.0. The Morgan fingerprint density at radius 1 is 1.15 bits per heavy atom. The molecule has 1 aromatic carbocycles. The maximum absolute atomic E-state index is 12.8. The summed E-state index contributed by atoms with van der Waals surface area (Å²) in [5.74, 6) is 0.957. The van der Waals surface area contributed by atoms with Crippen LogP contribution in [-0.2, 0) is 16.4 Å². The van der Waals surface area contributed by atoms with E-state index < -0.39 is 15.6 Å². The van der Waals surface area contributed by atoms with Gasteiger partial charge in [0.15, 0.2) is 0 Å². The molecule has 3 rings (SSSR count). The second-order valence-electron chi connectivity index (χ2n) is 6.44. The Kier molecular flexibility index (Phi) is 5.48. The molecule has 0 bridgehead atoms. The molecule has 0 N–H and O–H groups in total. The van der Waals surface area contributed by atoms with Crippen LogP contribution in [0.2, 0.25) is 0 Å². The van der Waals surface area contributed by atoms with Crippen LogP contribution in [-0.4, -0.2) is 31.9 Å². The summed E-state index contributed by atoms with van der Waals surface area (Å²) < 4.78 is 37.8. The molecular formula is C19H23NO5S. The van der Waals surface area contributed by atoms with Crippen molar-refractivity contribution in [3.05, 3.63) is 58.1 Å². The molecule has 0 atom stereocenters. The molecule has 0 amide bonds. The number of aryl methyl sites for hydroxylation is 2. The quantitative estimate of drug-likeness (QED) is 0.801. The highest BCUT2D eigenvalue weighted by atomic mass is 32.2. The minimum Gasteiger partial charge on any atom is -0.490 e. The van der Waals surface area contributed by atoms with Gasteiger partial charge in [-0.1, -0.05) is 19.1 Å². The first-order valence-corrected chi connectivity index (χ1v) is 10.2. The topological polar surface area (TPSA) is 76.8 Å². The van der Waals surface area contributed by atoms with E-state index in [1.54, 1.807) is 25.1 Å². The fourth-order valence-corrected chi connectivity index (χ4v) is 4.54. The van der Waals surface area contributed by atoms with Crippen molar-refractivity contribution in [1.82, 2.24) is 4.31 Å². The van der Waals surface area contributed by atoms with Crippen LogP contribution in [0.15, 0.2) is 50.5 Å². The van der Waals surface area contributed by atoms with Gasteiger partial charge in [0.1, 0.15) is 17.6 Å². The first-order valence-electron chi connectivity index (χ1n) is 8.76. The molecule has 0 spiro atoms. The minimum atomic E-state index is -3.48. The molecule has 1 aromatic heterocycles. The summed E-state index contributed by atoms with van der Waals surface area (Å²) in [7, 11) is -3.48. The van der Waals surface area contributed by atoms with Gasteiger partial charge in [-0.3, -0.25) is 0 Å². The lowest BCUT2D eigenvalue weighted by Crippen LogP contribution is -2.41. The van der Waals surface area contributed by atoms with Gasteiger partial charge in [-0.2, -0.15) is 4.31 Å². The van der Waals surface area contributed by atoms with Crippen LogP contribution in [0.4, 0.5) is 0 Å². The lowest BCUT2D eigenvalue weighted by molar-refractivity contribution is 0.134. The van der Waals surface area contributed by atoms with E-state index in [4.69, 9.17) is 9.15 Å². The normalized spacial score (nSPS) is 16.5. The van der Waals surface area contributed by atoms with Crippen LogP contribution >= 0.6 is 0 Å². The van der Waals surface area contributed by atoms with Crippen LogP contribution in [0.25, 0.3) is 0 Å². The molecule has 0 unspecified atom stereocenters. The van der Waals surface area contributed by atoms with E-state index in [2.05, 4.69) is 0 Å². The Labute approximate surface area is 153 Å². The molecule has 1 saturated heterocycles. The molecule has 1 aliphatic rings. The molecular weight excluding hydrogens is 354 g/mol. The predicted molar refractivity (Wildman–Crippen MR) is 97.9 cm³/mol. The summed E-state index contributed by atoms with van der Waals surface area (Å²) in [4.78, 5) is 11.7. The van der Waals surface area contributed by atoms with Gasteiger partial charge in [0.25, 0.3) is 0 Å². The smallest absolute Gasteiger partial charge is 0.339 e. The summed E-state index contributed by atoms with van der Waals surface area (Å²) in [5, 5.41) is 0. The molecule has 2 heterocycles. The highest BCUT2D eigenvalue weighted by Crippen LogP contribution is 2.24. The van der Waals surface area contributed by atoms with Crippen molar-refractivity contribution in [1.29, 1.82) is 0 Å². The number of hydrogen-bond acceptors (Lipinski definition) is 5. The van der Waals surface area contributed by atoms with Gasteiger partial charge in [-0.25, -0.2) is 13.2 Å². The lowest BCUT2D eigenvalue weighted by Gasteiger charge is -2.31.